The number of hydrogen-bond acceptors (Lipinski definition) is 2. The van der Waals surface area contributed by atoms with Crippen molar-refractivity contribution in [3.63, 3.8) is 0 Å². The van der Waals surface area contributed by atoms with Crippen molar-refractivity contribution in [2.24, 2.45) is 5.41 Å². The van der Waals surface area contributed by atoms with Crippen LogP contribution in [0.4, 0.5) is 0 Å². The molecule has 0 unspecified atom stereocenters. The van der Waals surface area contributed by atoms with Crippen molar-refractivity contribution in [3.8, 4) is 0 Å². The first-order valence-corrected chi connectivity index (χ1v) is 6.68. The molecule has 0 N–H and O–H groups in total. The number of ether oxygens (including phenoxy) is 1. The summed E-state index contributed by atoms with van der Waals surface area (Å²) >= 11 is 0. The Hall–Kier alpha value is -1.57. The van der Waals surface area contributed by atoms with E-state index >= 15 is 0 Å². The highest BCUT2D eigenvalue weighted by Gasteiger charge is 2.35. The molecule has 0 amide bonds. The summed E-state index contributed by atoms with van der Waals surface area (Å²) in [6.45, 7) is 3.46. The minimum Gasteiger partial charge on any atom is -0.427 e. The largest absolute Gasteiger partial charge is 0.427 e. The minimum atomic E-state index is -0.367. The zero-order chi connectivity index (χ0) is 12.8. The standard InChI is InChI=1S/C16H20O2/c1-2-15(17)18-14-10-6-5-9-13-16(14)11-7-3-4-8-12-16/h2,5-6,9-10,13H,1,3-4,7-8,11-12H2. The fourth-order valence-electron chi connectivity index (χ4n) is 2.75. The minimum absolute atomic E-state index is 0.0985. The molecule has 0 aliphatic heterocycles. The van der Waals surface area contributed by atoms with Crippen LogP contribution in [0.5, 0.6) is 0 Å². The van der Waals surface area contributed by atoms with Crippen LogP contribution >= 0.6 is 0 Å². The van der Waals surface area contributed by atoms with E-state index in [2.05, 4.69) is 18.7 Å². The van der Waals surface area contributed by atoms with Crippen LogP contribution in [0.15, 0.2) is 48.8 Å². The lowest BCUT2D eigenvalue weighted by molar-refractivity contribution is -0.135. The van der Waals surface area contributed by atoms with Gasteiger partial charge in [-0.25, -0.2) is 4.79 Å². The zero-order valence-electron chi connectivity index (χ0n) is 10.7. The van der Waals surface area contributed by atoms with E-state index in [1.165, 1.54) is 31.8 Å². The third kappa shape index (κ3) is 2.81. The summed E-state index contributed by atoms with van der Waals surface area (Å²) in [5.41, 5.74) is -0.0985. The van der Waals surface area contributed by atoms with Gasteiger partial charge in [0.2, 0.25) is 0 Å². The Bertz CT molecular complexity index is 405. The predicted molar refractivity (Wildman–Crippen MR) is 72.8 cm³/mol. The van der Waals surface area contributed by atoms with Gasteiger partial charge < -0.3 is 4.74 Å². The fourth-order valence-corrected chi connectivity index (χ4v) is 2.75. The molecule has 1 fully saturated rings. The first-order chi connectivity index (χ1) is 8.77. The molecule has 0 saturated heterocycles. The molecule has 0 radical (unpaired) electrons. The summed E-state index contributed by atoms with van der Waals surface area (Å²) in [6, 6.07) is 0. The summed E-state index contributed by atoms with van der Waals surface area (Å²) in [4.78, 5) is 11.5. The molecular weight excluding hydrogens is 224 g/mol. The van der Waals surface area contributed by atoms with Crippen LogP contribution < -0.4 is 0 Å². The van der Waals surface area contributed by atoms with Gasteiger partial charge in [-0.2, -0.15) is 0 Å². The molecule has 2 heteroatoms. The van der Waals surface area contributed by atoms with Gasteiger partial charge in [-0.1, -0.05) is 56.6 Å². The highest BCUT2D eigenvalue weighted by atomic mass is 16.5. The van der Waals surface area contributed by atoms with Crippen LogP contribution in [0, 0.1) is 5.41 Å². The summed E-state index contributed by atoms with van der Waals surface area (Å²) in [5.74, 6) is 0.410. The van der Waals surface area contributed by atoms with Gasteiger partial charge in [-0.3, -0.25) is 0 Å². The molecular formula is C16H20O2. The van der Waals surface area contributed by atoms with Crippen LogP contribution in [0.1, 0.15) is 38.5 Å². The third-order valence-electron chi connectivity index (χ3n) is 3.75. The van der Waals surface area contributed by atoms with Crippen molar-refractivity contribution in [3.05, 3.63) is 48.8 Å². The second kappa shape index (κ2) is 5.85. The molecule has 0 aromatic carbocycles. The van der Waals surface area contributed by atoms with E-state index in [0.717, 1.165) is 18.6 Å². The summed E-state index contributed by atoms with van der Waals surface area (Å²) in [5, 5.41) is 0. The Morgan fingerprint density at radius 3 is 2.56 bits per heavy atom. The van der Waals surface area contributed by atoms with E-state index in [9.17, 15) is 4.79 Å². The van der Waals surface area contributed by atoms with Gasteiger partial charge >= 0.3 is 5.97 Å². The van der Waals surface area contributed by atoms with Gasteiger partial charge in [-0.15, -0.1) is 0 Å². The van der Waals surface area contributed by atoms with Crippen molar-refractivity contribution in [1.29, 1.82) is 0 Å². The van der Waals surface area contributed by atoms with Crippen molar-refractivity contribution < 1.29 is 9.53 Å². The molecule has 1 saturated carbocycles. The summed E-state index contributed by atoms with van der Waals surface area (Å²) in [6.07, 6.45) is 18.4. The van der Waals surface area contributed by atoms with Gasteiger partial charge in [0.15, 0.2) is 0 Å². The smallest absolute Gasteiger partial charge is 0.335 e. The van der Waals surface area contributed by atoms with Crippen LogP contribution in [0.2, 0.25) is 0 Å². The monoisotopic (exact) mass is 244 g/mol. The molecule has 2 aliphatic carbocycles. The second-order valence-corrected chi connectivity index (χ2v) is 4.97. The van der Waals surface area contributed by atoms with E-state index in [0.29, 0.717) is 0 Å². The first-order valence-electron chi connectivity index (χ1n) is 6.68. The number of rotatable bonds is 2. The highest BCUT2D eigenvalue weighted by Crippen LogP contribution is 2.44. The number of hydrogen-bond donors (Lipinski definition) is 0. The molecule has 2 aliphatic rings. The van der Waals surface area contributed by atoms with Gasteiger partial charge in [0, 0.05) is 11.5 Å². The van der Waals surface area contributed by atoms with Crippen molar-refractivity contribution in [2.45, 2.75) is 38.5 Å². The van der Waals surface area contributed by atoms with E-state index in [1.54, 1.807) is 0 Å². The molecule has 0 bridgehead atoms. The SMILES string of the molecule is C=CC(=O)OC1=CC=CC=CC12CCCCCC2. The molecule has 0 heterocycles. The summed E-state index contributed by atoms with van der Waals surface area (Å²) < 4.78 is 5.47. The molecule has 2 nitrogen and oxygen atoms in total. The molecule has 2 rings (SSSR count). The van der Waals surface area contributed by atoms with Crippen molar-refractivity contribution >= 4 is 5.97 Å². The Labute approximate surface area is 109 Å². The fraction of sp³-hybridized carbons (Fsp3) is 0.438. The second-order valence-electron chi connectivity index (χ2n) is 4.97. The Morgan fingerprint density at radius 1 is 1.17 bits per heavy atom. The van der Waals surface area contributed by atoms with Crippen LogP contribution in [0.25, 0.3) is 0 Å². The van der Waals surface area contributed by atoms with Crippen LogP contribution in [0.3, 0.4) is 0 Å². The van der Waals surface area contributed by atoms with Crippen LogP contribution in [-0.4, -0.2) is 5.97 Å². The zero-order valence-corrected chi connectivity index (χ0v) is 10.7. The van der Waals surface area contributed by atoms with E-state index in [1.807, 2.05) is 18.2 Å². The van der Waals surface area contributed by atoms with Gasteiger partial charge in [0.1, 0.15) is 5.76 Å². The topological polar surface area (TPSA) is 26.3 Å². The van der Waals surface area contributed by atoms with E-state index < -0.39 is 0 Å². The molecule has 0 aromatic rings. The van der Waals surface area contributed by atoms with Crippen LogP contribution in [-0.2, 0) is 9.53 Å². The maximum Gasteiger partial charge on any atom is 0.335 e. The maximum atomic E-state index is 11.5. The lowest BCUT2D eigenvalue weighted by Gasteiger charge is -2.30. The summed E-state index contributed by atoms with van der Waals surface area (Å²) in [7, 11) is 0. The van der Waals surface area contributed by atoms with Crippen molar-refractivity contribution in [1.82, 2.24) is 0 Å². The highest BCUT2D eigenvalue weighted by molar-refractivity contribution is 5.82. The Balaban J connectivity index is 2.28. The normalized spacial score (nSPS) is 21.9. The number of carbonyl (C=O) groups excluding carboxylic acids is 1. The molecule has 18 heavy (non-hydrogen) atoms. The molecule has 0 atom stereocenters. The lowest BCUT2D eigenvalue weighted by atomic mass is 9.78. The first kappa shape index (κ1) is 12.9. The lowest BCUT2D eigenvalue weighted by Crippen LogP contribution is -2.23. The Morgan fingerprint density at radius 2 is 1.89 bits per heavy atom. The van der Waals surface area contributed by atoms with E-state index in [-0.39, 0.29) is 11.4 Å². The van der Waals surface area contributed by atoms with Gasteiger partial charge in [0.05, 0.1) is 0 Å². The average molecular weight is 244 g/mol. The number of carbonyl (C=O) groups is 1. The quantitative estimate of drug-likeness (QED) is 0.540. The predicted octanol–water partition coefficient (Wildman–Crippen LogP) is 4.07. The average Bonchev–Trinajstić information content (AvgIpc) is 2.73. The van der Waals surface area contributed by atoms with Gasteiger partial charge in [0.25, 0.3) is 0 Å². The van der Waals surface area contributed by atoms with Gasteiger partial charge in [-0.05, 0) is 18.9 Å². The Kier molecular flexibility index (Phi) is 4.19. The van der Waals surface area contributed by atoms with E-state index in [4.69, 9.17) is 4.74 Å². The molecule has 0 aromatic heterocycles. The number of esters is 1. The third-order valence-corrected chi connectivity index (χ3v) is 3.75. The van der Waals surface area contributed by atoms with Crippen molar-refractivity contribution in [2.75, 3.05) is 0 Å². The number of allylic oxidation sites excluding steroid dienone is 5. The molecule has 96 valence electrons. The maximum absolute atomic E-state index is 11.5. The molecule has 1 spiro atoms.